The van der Waals surface area contributed by atoms with E-state index in [0.717, 1.165) is 0 Å². The lowest BCUT2D eigenvalue weighted by molar-refractivity contribution is 0.404. The van der Waals surface area contributed by atoms with Crippen LogP contribution in [-0.2, 0) is 6.54 Å². The fourth-order valence-corrected chi connectivity index (χ4v) is 2.30. The number of fused-ring (bicyclic) bond motifs is 1. The third-order valence-electron chi connectivity index (χ3n) is 3.26. The van der Waals surface area contributed by atoms with Gasteiger partial charge in [-0.2, -0.15) is 0 Å². The van der Waals surface area contributed by atoms with E-state index in [-0.39, 0.29) is 17.3 Å². The van der Waals surface area contributed by atoms with Crippen molar-refractivity contribution in [3.05, 3.63) is 42.2 Å². The smallest absolute Gasteiger partial charge is 0.158 e. The largest absolute Gasteiger partial charge is 0.504 e. The maximum absolute atomic E-state index is 13.4. The van der Waals surface area contributed by atoms with Gasteiger partial charge in [-0.15, -0.1) is 0 Å². The first kappa shape index (κ1) is 12.5. The summed E-state index contributed by atoms with van der Waals surface area (Å²) < 4.78 is 15.2. The van der Waals surface area contributed by atoms with Gasteiger partial charge in [0.05, 0.1) is 11.0 Å². The molecule has 5 heteroatoms. The zero-order valence-electron chi connectivity index (χ0n) is 10.8. The van der Waals surface area contributed by atoms with Crippen LogP contribution in [0.1, 0.15) is 6.92 Å². The van der Waals surface area contributed by atoms with Crippen LogP contribution in [0.4, 0.5) is 4.39 Å². The van der Waals surface area contributed by atoms with Gasteiger partial charge >= 0.3 is 0 Å². The summed E-state index contributed by atoms with van der Waals surface area (Å²) >= 11 is 0. The Morgan fingerprint density at radius 2 is 1.90 bits per heavy atom. The molecule has 0 unspecified atom stereocenters. The summed E-state index contributed by atoms with van der Waals surface area (Å²) in [5.74, 6) is -0.0713. The van der Waals surface area contributed by atoms with Gasteiger partial charge in [0.15, 0.2) is 11.5 Å². The van der Waals surface area contributed by atoms with Gasteiger partial charge in [0.25, 0.3) is 0 Å². The summed E-state index contributed by atoms with van der Waals surface area (Å²) in [6, 6.07) is 8.95. The highest BCUT2D eigenvalue weighted by atomic mass is 19.1. The molecule has 0 aliphatic heterocycles. The number of hydrogen-bond acceptors (Lipinski definition) is 3. The molecule has 3 aromatic rings. The van der Waals surface area contributed by atoms with Crippen molar-refractivity contribution in [2.24, 2.45) is 0 Å². The maximum atomic E-state index is 13.4. The van der Waals surface area contributed by atoms with Crippen LogP contribution >= 0.6 is 0 Å². The molecule has 0 saturated heterocycles. The summed E-state index contributed by atoms with van der Waals surface area (Å²) in [6.07, 6.45) is 0. The van der Waals surface area contributed by atoms with E-state index in [9.17, 15) is 14.6 Å². The van der Waals surface area contributed by atoms with E-state index in [1.165, 1.54) is 24.3 Å². The molecule has 0 saturated carbocycles. The molecule has 3 rings (SSSR count). The minimum Gasteiger partial charge on any atom is -0.504 e. The highest BCUT2D eigenvalue weighted by Gasteiger charge is 2.13. The lowest BCUT2D eigenvalue weighted by Crippen LogP contribution is -1.97. The first-order valence-corrected chi connectivity index (χ1v) is 6.28. The predicted molar refractivity (Wildman–Crippen MR) is 74.1 cm³/mol. The van der Waals surface area contributed by atoms with Crippen molar-refractivity contribution in [2.75, 3.05) is 0 Å². The van der Waals surface area contributed by atoms with Crippen LogP contribution in [0, 0.1) is 5.82 Å². The van der Waals surface area contributed by atoms with Gasteiger partial charge in [-0.1, -0.05) is 0 Å². The molecule has 0 aliphatic carbocycles. The molecule has 1 aromatic heterocycles. The molecule has 4 nitrogen and oxygen atoms in total. The van der Waals surface area contributed by atoms with Crippen LogP contribution in [0.3, 0.4) is 0 Å². The Kier molecular flexibility index (Phi) is 2.82. The number of hydrogen-bond donors (Lipinski definition) is 2. The average Bonchev–Trinajstić information content (AvgIpc) is 2.79. The minimum absolute atomic E-state index is 0.182. The fraction of sp³-hybridized carbons (Fsp3) is 0.133. The lowest BCUT2D eigenvalue weighted by Gasteiger charge is -2.07. The molecule has 0 radical (unpaired) electrons. The van der Waals surface area contributed by atoms with E-state index in [0.29, 0.717) is 29.0 Å². The molecule has 0 bridgehead atoms. The van der Waals surface area contributed by atoms with Crippen LogP contribution in [0.2, 0.25) is 0 Å². The van der Waals surface area contributed by atoms with E-state index in [4.69, 9.17) is 0 Å². The Hall–Kier alpha value is -2.56. The predicted octanol–water partition coefficient (Wildman–Crippen LogP) is 3.27. The first-order chi connectivity index (χ1) is 9.60. The summed E-state index contributed by atoms with van der Waals surface area (Å²) in [7, 11) is 0. The Labute approximate surface area is 114 Å². The molecule has 0 aliphatic rings. The summed E-state index contributed by atoms with van der Waals surface area (Å²) in [5.41, 5.74) is 2.06. The number of aryl methyl sites for hydroxylation is 1. The fourth-order valence-electron chi connectivity index (χ4n) is 2.30. The van der Waals surface area contributed by atoms with Gasteiger partial charge in [0, 0.05) is 12.1 Å². The number of aromatic nitrogens is 2. The number of rotatable bonds is 2. The number of phenolic OH excluding ortho intramolecular Hbond substituents is 2. The van der Waals surface area contributed by atoms with E-state index < -0.39 is 0 Å². The quantitative estimate of drug-likeness (QED) is 0.704. The van der Waals surface area contributed by atoms with Crippen molar-refractivity contribution in [3.8, 4) is 22.9 Å². The number of imidazole rings is 1. The van der Waals surface area contributed by atoms with E-state index >= 15 is 0 Å². The number of benzene rings is 2. The van der Waals surface area contributed by atoms with E-state index in [1.807, 2.05) is 11.5 Å². The van der Waals surface area contributed by atoms with Crippen molar-refractivity contribution >= 4 is 11.0 Å². The second-order valence-corrected chi connectivity index (χ2v) is 4.52. The molecule has 2 aromatic carbocycles. The zero-order valence-corrected chi connectivity index (χ0v) is 10.8. The molecule has 0 amide bonds. The molecule has 20 heavy (non-hydrogen) atoms. The first-order valence-electron chi connectivity index (χ1n) is 6.28. The standard InChI is InChI=1S/C15H13FN2O2/c1-2-18-12-8-10(16)4-5-11(12)17-15(18)9-3-6-13(19)14(20)7-9/h3-8,19-20H,2H2,1H3. The second-order valence-electron chi connectivity index (χ2n) is 4.52. The number of halogens is 1. The molecule has 102 valence electrons. The molecular formula is C15H13FN2O2. The summed E-state index contributed by atoms with van der Waals surface area (Å²) in [4.78, 5) is 4.47. The van der Waals surface area contributed by atoms with Crippen LogP contribution in [0.15, 0.2) is 36.4 Å². The lowest BCUT2D eigenvalue weighted by atomic mass is 10.2. The van der Waals surface area contributed by atoms with Gasteiger partial charge in [-0.05, 0) is 43.3 Å². The average molecular weight is 272 g/mol. The molecule has 0 spiro atoms. The van der Waals surface area contributed by atoms with Crippen LogP contribution < -0.4 is 0 Å². The van der Waals surface area contributed by atoms with Crippen molar-refractivity contribution in [1.82, 2.24) is 9.55 Å². The topological polar surface area (TPSA) is 58.3 Å². The van der Waals surface area contributed by atoms with Crippen LogP contribution in [0.5, 0.6) is 11.5 Å². The third kappa shape index (κ3) is 1.87. The van der Waals surface area contributed by atoms with Crippen molar-refractivity contribution in [2.45, 2.75) is 13.5 Å². The van der Waals surface area contributed by atoms with Gasteiger partial charge < -0.3 is 14.8 Å². The molecule has 2 N–H and O–H groups in total. The van der Waals surface area contributed by atoms with E-state index in [1.54, 1.807) is 12.1 Å². The monoisotopic (exact) mass is 272 g/mol. The number of nitrogens with zero attached hydrogens (tertiary/aromatic N) is 2. The molecule has 0 fully saturated rings. The van der Waals surface area contributed by atoms with Gasteiger partial charge in [-0.25, -0.2) is 9.37 Å². The SMILES string of the molecule is CCn1c(-c2ccc(O)c(O)c2)nc2ccc(F)cc21. The van der Waals surface area contributed by atoms with Gasteiger partial charge in [0.1, 0.15) is 11.6 Å². The minimum atomic E-state index is -0.313. The van der Waals surface area contributed by atoms with Crippen molar-refractivity contribution < 1.29 is 14.6 Å². The highest BCUT2D eigenvalue weighted by Crippen LogP contribution is 2.32. The normalized spacial score (nSPS) is 11.1. The number of aromatic hydroxyl groups is 2. The van der Waals surface area contributed by atoms with Gasteiger partial charge in [-0.3, -0.25) is 0 Å². The number of phenols is 2. The summed E-state index contributed by atoms with van der Waals surface area (Å²) in [5, 5.41) is 19.0. The Bertz CT molecular complexity index is 796. The maximum Gasteiger partial charge on any atom is 0.158 e. The molecule has 0 atom stereocenters. The Balaban J connectivity index is 2.27. The Morgan fingerprint density at radius 1 is 1.10 bits per heavy atom. The van der Waals surface area contributed by atoms with Gasteiger partial charge in [0.2, 0.25) is 0 Å². The highest BCUT2D eigenvalue weighted by molar-refractivity contribution is 5.81. The zero-order chi connectivity index (χ0) is 14.3. The van der Waals surface area contributed by atoms with Crippen LogP contribution in [0.25, 0.3) is 22.4 Å². The van der Waals surface area contributed by atoms with E-state index in [2.05, 4.69) is 4.98 Å². The second kappa shape index (κ2) is 4.52. The van der Waals surface area contributed by atoms with Crippen LogP contribution in [-0.4, -0.2) is 19.8 Å². The summed E-state index contributed by atoms with van der Waals surface area (Å²) in [6.45, 7) is 2.56. The Morgan fingerprint density at radius 3 is 2.60 bits per heavy atom. The van der Waals surface area contributed by atoms with Crippen molar-refractivity contribution in [1.29, 1.82) is 0 Å². The molecule has 1 heterocycles. The molecular weight excluding hydrogens is 259 g/mol. The van der Waals surface area contributed by atoms with Crippen molar-refractivity contribution in [3.63, 3.8) is 0 Å². The third-order valence-corrected chi connectivity index (χ3v) is 3.26.